The largest absolute Gasteiger partial charge is 0.350 e. The lowest BCUT2D eigenvalue weighted by molar-refractivity contribution is 0.0591. The number of pyridine rings is 1. The number of nitrogens with zero attached hydrogens (tertiary/aromatic N) is 5. The lowest BCUT2D eigenvalue weighted by Gasteiger charge is -2.35. The molecule has 1 atom stereocenters. The second-order valence-corrected chi connectivity index (χ2v) is 9.07. The van der Waals surface area contributed by atoms with E-state index in [4.69, 9.17) is 0 Å². The SMILES string of the molecule is Cc1cn(-c2ccc3n(c2=O)C[C@@H](C)N(Cc2cn(C)c4cc(Br)ccc24)C3=O)cn1. The Balaban J connectivity index is 1.52. The van der Waals surface area contributed by atoms with Crippen molar-refractivity contribution >= 4 is 32.7 Å². The molecule has 0 unspecified atom stereocenters. The first-order chi connectivity index (χ1) is 14.8. The molecule has 0 fully saturated rings. The molecular weight excluding hydrogens is 458 g/mol. The lowest BCUT2D eigenvalue weighted by atomic mass is 10.1. The van der Waals surface area contributed by atoms with E-state index in [-0.39, 0.29) is 17.5 Å². The van der Waals surface area contributed by atoms with Gasteiger partial charge in [-0.2, -0.15) is 0 Å². The number of carbonyl (C=O) groups excluding carboxylic acids is 1. The lowest BCUT2D eigenvalue weighted by Crippen LogP contribution is -2.49. The Kier molecular flexibility index (Phi) is 4.62. The molecule has 1 aliphatic rings. The van der Waals surface area contributed by atoms with Crippen LogP contribution in [0.15, 0.2) is 58.3 Å². The van der Waals surface area contributed by atoms with Gasteiger partial charge in [-0.3, -0.25) is 9.59 Å². The second kappa shape index (κ2) is 7.23. The van der Waals surface area contributed by atoms with E-state index in [0.717, 1.165) is 26.6 Å². The molecule has 1 amide bonds. The molecule has 0 N–H and O–H groups in total. The zero-order valence-electron chi connectivity index (χ0n) is 17.5. The number of hydrogen-bond donors (Lipinski definition) is 0. The standard InChI is InChI=1S/C23H22BrN5O2/c1-14-9-27(13-25-14)19-6-7-20-23(31)28(15(2)10-29(20)22(19)30)12-16-11-26(3)21-8-17(24)4-5-18(16)21/h4-9,11,13,15H,10,12H2,1-3H3/t15-/m1/s1. The molecule has 5 rings (SSSR count). The Morgan fingerprint density at radius 2 is 1.97 bits per heavy atom. The summed E-state index contributed by atoms with van der Waals surface area (Å²) in [4.78, 5) is 32.5. The van der Waals surface area contributed by atoms with E-state index >= 15 is 0 Å². The third kappa shape index (κ3) is 3.22. The van der Waals surface area contributed by atoms with Gasteiger partial charge in [0.25, 0.3) is 11.5 Å². The number of benzene rings is 1. The third-order valence-corrected chi connectivity index (χ3v) is 6.47. The molecule has 1 aliphatic heterocycles. The highest BCUT2D eigenvalue weighted by molar-refractivity contribution is 9.10. The minimum Gasteiger partial charge on any atom is -0.350 e. The molecule has 0 spiro atoms. The average Bonchev–Trinajstić information content (AvgIpc) is 3.29. The fourth-order valence-corrected chi connectivity index (χ4v) is 4.72. The van der Waals surface area contributed by atoms with Crippen molar-refractivity contribution in [1.29, 1.82) is 0 Å². The molecule has 0 aliphatic carbocycles. The van der Waals surface area contributed by atoms with Crippen LogP contribution >= 0.6 is 15.9 Å². The van der Waals surface area contributed by atoms with E-state index in [1.165, 1.54) is 0 Å². The van der Waals surface area contributed by atoms with Gasteiger partial charge >= 0.3 is 0 Å². The van der Waals surface area contributed by atoms with Crippen LogP contribution in [0.3, 0.4) is 0 Å². The maximum Gasteiger partial charge on any atom is 0.275 e. The maximum absolute atomic E-state index is 13.4. The van der Waals surface area contributed by atoms with Crippen LogP contribution in [0.4, 0.5) is 0 Å². The molecule has 1 aromatic carbocycles. The van der Waals surface area contributed by atoms with E-state index in [2.05, 4.69) is 43.8 Å². The van der Waals surface area contributed by atoms with E-state index < -0.39 is 0 Å². The quantitative estimate of drug-likeness (QED) is 0.450. The minimum atomic E-state index is -0.176. The monoisotopic (exact) mass is 479 g/mol. The van der Waals surface area contributed by atoms with Gasteiger partial charge in [0.2, 0.25) is 0 Å². The predicted octanol–water partition coefficient (Wildman–Crippen LogP) is 3.64. The van der Waals surface area contributed by atoms with Crippen molar-refractivity contribution in [3.8, 4) is 5.69 Å². The van der Waals surface area contributed by atoms with Crippen LogP contribution in [0.2, 0.25) is 0 Å². The number of aromatic nitrogens is 4. The van der Waals surface area contributed by atoms with E-state index in [0.29, 0.717) is 24.5 Å². The molecule has 0 bridgehead atoms. The van der Waals surface area contributed by atoms with Crippen LogP contribution < -0.4 is 5.56 Å². The summed E-state index contributed by atoms with van der Waals surface area (Å²) >= 11 is 3.53. The van der Waals surface area contributed by atoms with Gasteiger partial charge in [-0.25, -0.2) is 4.98 Å². The topological polar surface area (TPSA) is 65.1 Å². The summed E-state index contributed by atoms with van der Waals surface area (Å²) in [6, 6.07) is 9.51. The smallest absolute Gasteiger partial charge is 0.275 e. The molecule has 0 radical (unpaired) electrons. The number of hydrogen-bond acceptors (Lipinski definition) is 3. The Bertz CT molecular complexity index is 1400. The molecule has 0 saturated heterocycles. The predicted molar refractivity (Wildman–Crippen MR) is 123 cm³/mol. The van der Waals surface area contributed by atoms with Gasteiger partial charge in [0.1, 0.15) is 11.4 Å². The maximum atomic E-state index is 13.4. The summed E-state index contributed by atoms with van der Waals surface area (Å²) in [5, 5.41) is 1.12. The molecule has 7 nitrogen and oxygen atoms in total. The summed E-state index contributed by atoms with van der Waals surface area (Å²) in [6.45, 7) is 4.82. The van der Waals surface area contributed by atoms with Crippen LogP contribution in [0, 0.1) is 6.92 Å². The van der Waals surface area contributed by atoms with Gasteiger partial charge in [-0.05, 0) is 43.7 Å². The van der Waals surface area contributed by atoms with Crippen molar-refractivity contribution in [2.75, 3.05) is 0 Å². The van der Waals surface area contributed by atoms with Gasteiger partial charge in [-0.1, -0.05) is 22.0 Å². The number of amides is 1. The first-order valence-electron chi connectivity index (χ1n) is 10.1. The summed E-state index contributed by atoms with van der Waals surface area (Å²) in [5.41, 5.74) is 3.78. The van der Waals surface area contributed by atoms with Crippen molar-refractivity contribution in [3.63, 3.8) is 0 Å². The number of rotatable bonds is 3. The highest BCUT2D eigenvalue weighted by Crippen LogP contribution is 2.27. The van der Waals surface area contributed by atoms with Crippen LogP contribution in [-0.4, -0.2) is 35.5 Å². The Hall–Kier alpha value is -3.13. The summed E-state index contributed by atoms with van der Waals surface area (Å²) < 4.78 is 6.40. The highest BCUT2D eigenvalue weighted by Gasteiger charge is 2.31. The molecule has 3 aromatic heterocycles. The first kappa shape index (κ1) is 19.8. The van der Waals surface area contributed by atoms with Crippen LogP contribution in [0.25, 0.3) is 16.6 Å². The van der Waals surface area contributed by atoms with E-state index in [9.17, 15) is 9.59 Å². The Morgan fingerprint density at radius 3 is 2.71 bits per heavy atom. The molecule has 8 heteroatoms. The van der Waals surface area contributed by atoms with Gasteiger partial charge in [0, 0.05) is 53.9 Å². The zero-order chi connectivity index (χ0) is 21.9. The molecule has 4 aromatic rings. The summed E-state index contributed by atoms with van der Waals surface area (Å²) in [6.07, 6.45) is 5.50. The van der Waals surface area contributed by atoms with E-state index in [1.807, 2.05) is 38.1 Å². The van der Waals surface area contributed by atoms with Crippen molar-refractivity contribution in [2.24, 2.45) is 7.05 Å². The second-order valence-electron chi connectivity index (χ2n) is 8.15. The van der Waals surface area contributed by atoms with Crippen molar-refractivity contribution in [2.45, 2.75) is 33.0 Å². The minimum absolute atomic E-state index is 0.108. The van der Waals surface area contributed by atoms with Gasteiger partial charge < -0.3 is 18.6 Å². The van der Waals surface area contributed by atoms with Crippen molar-refractivity contribution in [1.82, 2.24) is 23.6 Å². The van der Waals surface area contributed by atoms with Gasteiger partial charge in [-0.15, -0.1) is 0 Å². The Labute approximate surface area is 187 Å². The molecular formula is C23H22BrN5O2. The molecule has 31 heavy (non-hydrogen) atoms. The number of aryl methyl sites for hydroxylation is 2. The summed E-state index contributed by atoms with van der Waals surface area (Å²) in [7, 11) is 2.01. The van der Waals surface area contributed by atoms with Gasteiger partial charge in [0.05, 0.1) is 12.0 Å². The fourth-order valence-electron chi connectivity index (χ4n) is 4.37. The van der Waals surface area contributed by atoms with Crippen molar-refractivity contribution in [3.05, 3.63) is 80.8 Å². The fraction of sp³-hybridized carbons (Fsp3) is 0.261. The number of imidazole rings is 1. The summed E-state index contributed by atoms with van der Waals surface area (Å²) in [5.74, 6) is -0.127. The highest BCUT2D eigenvalue weighted by atomic mass is 79.9. The van der Waals surface area contributed by atoms with Crippen LogP contribution in [0.5, 0.6) is 0 Å². The third-order valence-electron chi connectivity index (χ3n) is 5.98. The number of halogens is 1. The number of fused-ring (bicyclic) bond motifs is 2. The van der Waals surface area contributed by atoms with Crippen LogP contribution in [0.1, 0.15) is 28.7 Å². The molecule has 4 heterocycles. The van der Waals surface area contributed by atoms with Crippen LogP contribution in [-0.2, 0) is 20.1 Å². The van der Waals surface area contributed by atoms with Crippen molar-refractivity contribution < 1.29 is 4.79 Å². The normalized spacial score (nSPS) is 16.2. The first-order valence-corrected chi connectivity index (χ1v) is 10.9. The zero-order valence-corrected chi connectivity index (χ0v) is 19.1. The van der Waals surface area contributed by atoms with E-state index in [1.54, 1.807) is 27.6 Å². The average molecular weight is 480 g/mol. The Morgan fingerprint density at radius 1 is 1.16 bits per heavy atom. The molecule has 158 valence electrons. The molecule has 0 saturated carbocycles. The van der Waals surface area contributed by atoms with Gasteiger partial charge in [0.15, 0.2) is 0 Å². The number of carbonyl (C=O) groups is 1.